The highest BCUT2D eigenvalue weighted by Gasteiger charge is 2.21. The third-order valence-corrected chi connectivity index (χ3v) is 3.10. The molecule has 1 unspecified atom stereocenters. The first-order valence-electron chi connectivity index (χ1n) is 5.58. The zero-order valence-electron chi connectivity index (χ0n) is 9.65. The van der Waals surface area contributed by atoms with Crippen molar-refractivity contribution in [2.24, 2.45) is 0 Å². The van der Waals surface area contributed by atoms with Crippen LogP contribution in [0.4, 0.5) is 10.5 Å². The Morgan fingerprint density at radius 2 is 2.41 bits per heavy atom. The third-order valence-electron chi connectivity index (χ3n) is 2.60. The molecule has 1 saturated heterocycles. The van der Waals surface area contributed by atoms with Crippen LogP contribution in [-0.4, -0.2) is 36.7 Å². The predicted octanol–water partition coefficient (Wildman–Crippen LogP) is 2.70. The fourth-order valence-corrected chi connectivity index (χ4v) is 2.17. The van der Waals surface area contributed by atoms with E-state index in [9.17, 15) is 4.79 Å². The summed E-state index contributed by atoms with van der Waals surface area (Å²) >= 11 is 3.37. The molecule has 0 saturated carbocycles. The van der Waals surface area contributed by atoms with Crippen LogP contribution in [-0.2, 0) is 4.74 Å². The number of carbonyl (C=O) groups is 1. The number of ether oxygens (including phenoxy) is 1. The Kier molecular flexibility index (Phi) is 4.02. The summed E-state index contributed by atoms with van der Waals surface area (Å²) in [6.45, 7) is 3.86. The first kappa shape index (κ1) is 12.4. The number of anilines is 1. The Bertz CT molecular complexity index is 411. The molecule has 0 radical (unpaired) electrons. The molecule has 17 heavy (non-hydrogen) atoms. The van der Waals surface area contributed by atoms with Crippen molar-refractivity contribution in [1.82, 2.24) is 4.90 Å². The Labute approximate surface area is 109 Å². The van der Waals surface area contributed by atoms with Crippen molar-refractivity contribution in [3.8, 4) is 0 Å². The summed E-state index contributed by atoms with van der Waals surface area (Å²) < 4.78 is 6.35. The quantitative estimate of drug-likeness (QED) is 0.866. The molecule has 2 amide bonds. The normalized spacial score (nSPS) is 20.1. The van der Waals surface area contributed by atoms with E-state index in [1.54, 1.807) is 4.90 Å². The number of amides is 2. The highest BCUT2D eigenvalue weighted by atomic mass is 79.9. The van der Waals surface area contributed by atoms with Gasteiger partial charge in [-0.25, -0.2) is 4.79 Å². The van der Waals surface area contributed by atoms with Crippen LogP contribution in [0.2, 0.25) is 0 Å². The number of halogens is 1. The van der Waals surface area contributed by atoms with Crippen molar-refractivity contribution in [1.29, 1.82) is 0 Å². The van der Waals surface area contributed by atoms with Gasteiger partial charge in [-0.15, -0.1) is 0 Å². The summed E-state index contributed by atoms with van der Waals surface area (Å²) in [5.74, 6) is 0. The Morgan fingerprint density at radius 1 is 1.59 bits per heavy atom. The van der Waals surface area contributed by atoms with Crippen molar-refractivity contribution >= 4 is 27.6 Å². The zero-order chi connectivity index (χ0) is 12.3. The lowest BCUT2D eigenvalue weighted by molar-refractivity contribution is -0.00138. The van der Waals surface area contributed by atoms with Crippen LogP contribution in [0.25, 0.3) is 0 Å². The van der Waals surface area contributed by atoms with E-state index < -0.39 is 0 Å². The molecule has 1 fully saturated rings. The van der Waals surface area contributed by atoms with Gasteiger partial charge in [0.05, 0.1) is 12.7 Å². The molecule has 1 atom stereocenters. The molecule has 1 aliphatic heterocycles. The van der Waals surface area contributed by atoms with Crippen LogP contribution < -0.4 is 5.32 Å². The highest BCUT2D eigenvalue weighted by molar-refractivity contribution is 9.10. The Hall–Kier alpha value is -1.07. The van der Waals surface area contributed by atoms with Gasteiger partial charge >= 0.3 is 6.03 Å². The van der Waals surface area contributed by atoms with Gasteiger partial charge in [0.2, 0.25) is 0 Å². The van der Waals surface area contributed by atoms with Crippen LogP contribution >= 0.6 is 15.9 Å². The molecule has 1 aromatic carbocycles. The number of nitrogens with one attached hydrogen (secondary N) is 1. The van der Waals surface area contributed by atoms with E-state index in [0.717, 1.165) is 10.2 Å². The topological polar surface area (TPSA) is 41.6 Å². The number of morpholine rings is 1. The molecule has 92 valence electrons. The van der Waals surface area contributed by atoms with Crippen molar-refractivity contribution in [2.75, 3.05) is 25.0 Å². The summed E-state index contributed by atoms with van der Waals surface area (Å²) in [5, 5.41) is 2.87. The van der Waals surface area contributed by atoms with Crippen molar-refractivity contribution in [3.05, 3.63) is 28.7 Å². The molecule has 1 aromatic rings. The maximum atomic E-state index is 12.0. The number of hydrogen-bond acceptors (Lipinski definition) is 2. The minimum atomic E-state index is -0.0711. The molecule has 5 heteroatoms. The maximum absolute atomic E-state index is 12.0. The van der Waals surface area contributed by atoms with Crippen molar-refractivity contribution in [3.63, 3.8) is 0 Å². The van der Waals surface area contributed by atoms with E-state index in [2.05, 4.69) is 21.2 Å². The van der Waals surface area contributed by atoms with Crippen molar-refractivity contribution < 1.29 is 9.53 Å². The van der Waals surface area contributed by atoms with Gasteiger partial charge in [0, 0.05) is 23.2 Å². The van der Waals surface area contributed by atoms with Gasteiger partial charge in [0.1, 0.15) is 0 Å². The Balaban J connectivity index is 1.96. The lowest BCUT2D eigenvalue weighted by Crippen LogP contribution is -2.46. The molecular weight excluding hydrogens is 284 g/mol. The zero-order valence-corrected chi connectivity index (χ0v) is 11.2. The monoisotopic (exact) mass is 298 g/mol. The van der Waals surface area contributed by atoms with Crippen LogP contribution in [0.5, 0.6) is 0 Å². The van der Waals surface area contributed by atoms with Gasteiger partial charge in [-0.05, 0) is 25.1 Å². The number of benzene rings is 1. The lowest BCUT2D eigenvalue weighted by atomic mass is 10.3. The average Bonchev–Trinajstić information content (AvgIpc) is 2.29. The molecule has 4 nitrogen and oxygen atoms in total. The molecule has 2 rings (SSSR count). The van der Waals surface area contributed by atoms with Gasteiger partial charge in [-0.1, -0.05) is 22.0 Å². The number of urea groups is 1. The average molecular weight is 299 g/mol. The smallest absolute Gasteiger partial charge is 0.322 e. The summed E-state index contributed by atoms with van der Waals surface area (Å²) in [7, 11) is 0. The second-order valence-corrected chi connectivity index (χ2v) is 4.98. The van der Waals surface area contributed by atoms with E-state index in [4.69, 9.17) is 4.74 Å². The molecule has 0 bridgehead atoms. The number of hydrogen-bond donors (Lipinski definition) is 1. The molecule has 0 aromatic heterocycles. The van der Waals surface area contributed by atoms with E-state index in [-0.39, 0.29) is 12.1 Å². The van der Waals surface area contributed by atoms with E-state index in [0.29, 0.717) is 19.7 Å². The summed E-state index contributed by atoms with van der Waals surface area (Å²) in [5.41, 5.74) is 0.795. The van der Waals surface area contributed by atoms with Crippen LogP contribution in [0.3, 0.4) is 0 Å². The first-order valence-corrected chi connectivity index (χ1v) is 6.37. The van der Waals surface area contributed by atoms with E-state index in [1.165, 1.54) is 0 Å². The summed E-state index contributed by atoms with van der Waals surface area (Å²) in [6.07, 6.45) is 0.108. The third kappa shape index (κ3) is 3.44. The largest absolute Gasteiger partial charge is 0.375 e. The van der Waals surface area contributed by atoms with Gasteiger partial charge < -0.3 is 15.0 Å². The van der Waals surface area contributed by atoms with Crippen LogP contribution in [0, 0.1) is 0 Å². The predicted molar refractivity (Wildman–Crippen MR) is 70.1 cm³/mol. The molecule has 1 aliphatic rings. The molecule has 1 heterocycles. The lowest BCUT2D eigenvalue weighted by Gasteiger charge is -2.31. The van der Waals surface area contributed by atoms with Gasteiger partial charge in [-0.3, -0.25) is 0 Å². The summed E-state index contributed by atoms with van der Waals surface area (Å²) in [6, 6.07) is 7.49. The number of rotatable bonds is 1. The molecule has 1 N–H and O–H groups in total. The van der Waals surface area contributed by atoms with Crippen molar-refractivity contribution in [2.45, 2.75) is 13.0 Å². The number of nitrogens with zero attached hydrogens (tertiary/aromatic N) is 1. The fourth-order valence-electron chi connectivity index (χ4n) is 1.77. The van der Waals surface area contributed by atoms with Gasteiger partial charge in [0.15, 0.2) is 0 Å². The minimum Gasteiger partial charge on any atom is -0.375 e. The molecular formula is C12H15BrN2O2. The van der Waals surface area contributed by atoms with E-state index in [1.807, 2.05) is 31.2 Å². The second kappa shape index (κ2) is 5.51. The SMILES string of the molecule is CC1CN(C(=O)Nc2cccc(Br)c2)CCO1. The van der Waals surface area contributed by atoms with E-state index >= 15 is 0 Å². The Morgan fingerprint density at radius 3 is 3.12 bits per heavy atom. The minimum absolute atomic E-state index is 0.0711. The van der Waals surface area contributed by atoms with Gasteiger partial charge in [0.25, 0.3) is 0 Å². The maximum Gasteiger partial charge on any atom is 0.322 e. The number of carbonyl (C=O) groups excluding carboxylic acids is 1. The second-order valence-electron chi connectivity index (χ2n) is 4.07. The molecule has 0 spiro atoms. The standard InChI is InChI=1S/C12H15BrN2O2/c1-9-8-15(5-6-17-9)12(16)14-11-4-2-3-10(13)7-11/h2-4,7,9H,5-6,8H2,1H3,(H,14,16). The fraction of sp³-hybridized carbons (Fsp3) is 0.417. The molecule has 0 aliphatic carbocycles. The van der Waals surface area contributed by atoms with Gasteiger partial charge in [-0.2, -0.15) is 0 Å². The van der Waals surface area contributed by atoms with Crippen LogP contribution in [0.15, 0.2) is 28.7 Å². The highest BCUT2D eigenvalue weighted by Crippen LogP contribution is 2.16. The summed E-state index contributed by atoms with van der Waals surface area (Å²) in [4.78, 5) is 13.7. The first-order chi connectivity index (χ1) is 8.15. The van der Waals surface area contributed by atoms with Crippen LogP contribution in [0.1, 0.15) is 6.92 Å².